The average molecular weight is 343 g/mol. The van der Waals surface area contributed by atoms with E-state index in [9.17, 15) is 0 Å². The van der Waals surface area contributed by atoms with E-state index in [2.05, 4.69) is 21.6 Å². The molecule has 2 N–H and O–H groups in total. The first-order chi connectivity index (χ1) is 11.8. The lowest BCUT2D eigenvalue weighted by atomic mass is 10.2. The van der Waals surface area contributed by atoms with Crippen molar-refractivity contribution < 1.29 is 9.47 Å². The number of benzene rings is 2. The number of hydrogen-bond acceptors (Lipinski definition) is 4. The number of nitrogens with one attached hydrogen (secondary N) is 2. The van der Waals surface area contributed by atoms with Gasteiger partial charge in [-0.15, -0.1) is 0 Å². The summed E-state index contributed by atoms with van der Waals surface area (Å²) >= 11 is 5.44. The van der Waals surface area contributed by atoms with Crippen LogP contribution in [-0.2, 0) is 4.74 Å². The van der Waals surface area contributed by atoms with Crippen LogP contribution >= 0.6 is 12.2 Å². The Balaban J connectivity index is 1.67. The Morgan fingerprint density at radius 1 is 1.04 bits per heavy atom. The van der Waals surface area contributed by atoms with Gasteiger partial charge in [0, 0.05) is 18.8 Å². The molecule has 6 heteroatoms. The zero-order valence-corrected chi connectivity index (χ0v) is 14.4. The molecule has 1 fully saturated rings. The van der Waals surface area contributed by atoms with Gasteiger partial charge in [-0.2, -0.15) is 0 Å². The lowest BCUT2D eigenvalue weighted by molar-refractivity contribution is 0.123. The van der Waals surface area contributed by atoms with Crippen LogP contribution < -0.4 is 20.3 Å². The van der Waals surface area contributed by atoms with Crippen molar-refractivity contribution in [1.29, 1.82) is 0 Å². The fourth-order valence-electron chi connectivity index (χ4n) is 2.62. The molecule has 0 aliphatic carbocycles. The van der Waals surface area contributed by atoms with Crippen LogP contribution in [0.5, 0.6) is 5.75 Å². The second-order valence-corrected chi connectivity index (χ2v) is 5.83. The monoisotopic (exact) mass is 343 g/mol. The molecule has 3 rings (SSSR count). The van der Waals surface area contributed by atoms with Crippen molar-refractivity contribution in [3.8, 4) is 5.75 Å². The summed E-state index contributed by atoms with van der Waals surface area (Å²) in [7, 11) is 1.65. The van der Waals surface area contributed by atoms with Gasteiger partial charge < -0.3 is 25.0 Å². The van der Waals surface area contributed by atoms with Gasteiger partial charge >= 0.3 is 0 Å². The van der Waals surface area contributed by atoms with Gasteiger partial charge in [0.15, 0.2) is 5.11 Å². The number of rotatable bonds is 4. The molecule has 2 aromatic carbocycles. The molecule has 0 bridgehead atoms. The van der Waals surface area contributed by atoms with Gasteiger partial charge in [-0.3, -0.25) is 0 Å². The Bertz CT molecular complexity index is 685. The van der Waals surface area contributed by atoms with Crippen LogP contribution in [0.2, 0.25) is 0 Å². The molecular formula is C18H21N3O2S. The van der Waals surface area contributed by atoms with Crippen LogP contribution in [0.15, 0.2) is 48.5 Å². The summed E-state index contributed by atoms with van der Waals surface area (Å²) in [5.41, 5.74) is 3.04. The normalized spacial score (nSPS) is 14.1. The number of morpholine rings is 1. The molecule has 2 aromatic rings. The second kappa shape index (κ2) is 7.99. The molecule has 126 valence electrons. The molecule has 1 aliphatic heterocycles. The third-order valence-electron chi connectivity index (χ3n) is 3.85. The van der Waals surface area contributed by atoms with Crippen LogP contribution in [0.1, 0.15) is 0 Å². The molecule has 0 unspecified atom stereocenters. The Morgan fingerprint density at radius 2 is 1.75 bits per heavy atom. The summed E-state index contributed by atoms with van der Waals surface area (Å²) in [5.74, 6) is 0.817. The van der Waals surface area contributed by atoms with Crippen molar-refractivity contribution in [2.24, 2.45) is 0 Å². The summed E-state index contributed by atoms with van der Waals surface area (Å²) < 4.78 is 10.6. The Hall–Kier alpha value is -2.31. The Morgan fingerprint density at radius 3 is 2.46 bits per heavy atom. The number of ether oxygens (including phenoxy) is 2. The topological polar surface area (TPSA) is 45.8 Å². The zero-order chi connectivity index (χ0) is 16.8. The van der Waals surface area contributed by atoms with Gasteiger partial charge in [0.1, 0.15) is 5.75 Å². The van der Waals surface area contributed by atoms with Crippen LogP contribution in [0.3, 0.4) is 0 Å². The number of nitrogens with zero attached hydrogens (tertiary/aromatic N) is 1. The molecule has 1 heterocycles. The number of hydrogen-bond donors (Lipinski definition) is 2. The highest BCUT2D eigenvalue weighted by Gasteiger charge is 2.14. The van der Waals surface area contributed by atoms with E-state index in [0.29, 0.717) is 5.11 Å². The lowest BCUT2D eigenvalue weighted by Gasteiger charge is -2.30. The van der Waals surface area contributed by atoms with Crippen LogP contribution in [-0.4, -0.2) is 38.5 Å². The smallest absolute Gasteiger partial charge is 0.175 e. The van der Waals surface area contributed by atoms with Gasteiger partial charge in [0.2, 0.25) is 0 Å². The maximum atomic E-state index is 5.44. The fraction of sp³-hybridized carbons (Fsp3) is 0.278. The Kier molecular flexibility index (Phi) is 5.51. The van der Waals surface area contributed by atoms with Crippen molar-refractivity contribution in [3.05, 3.63) is 48.5 Å². The third kappa shape index (κ3) is 4.15. The Labute approximate surface area is 147 Å². The highest BCUT2D eigenvalue weighted by atomic mass is 32.1. The number of methoxy groups -OCH3 is 1. The van der Waals surface area contributed by atoms with E-state index in [1.165, 1.54) is 0 Å². The van der Waals surface area contributed by atoms with Gasteiger partial charge in [-0.1, -0.05) is 12.1 Å². The lowest BCUT2D eigenvalue weighted by Crippen LogP contribution is -2.36. The fourth-order valence-corrected chi connectivity index (χ4v) is 2.85. The minimum Gasteiger partial charge on any atom is -0.497 e. The van der Waals surface area contributed by atoms with E-state index in [-0.39, 0.29) is 0 Å². The molecule has 5 nitrogen and oxygen atoms in total. The molecule has 0 amide bonds. The molecular weight excluding hydrogens is 322 g/mol. The third-order valence-corrected chi connectivity index (χ3v) is 4.06. The predicted molar refractivity (Wildman–Crippen MR) is 102 cm³/mol. The van der Waals surface area contributed by atoms with Crippen molar-refractivity contribution in [3.63, 3.8) is 0 Å². The molecule has 0 atom stereocenters. The molecule has 24 heavy (non-hydrogen) atoms. The number of thiocarbonyl (C=S) groups is 1. The first-order valence-electron chi connectivity index (χ1n) is 7.90. The highest BCUT2D eigenvalue weighted by Crippen LogP contribution is 2.26. The molecule has 0 aromatic heterocycles. The van der Waals surface area contributed by atoms with Gasteiger partial charge in [0.25, 0.3) is 0 Å². The zero-order valence-electron chi connectivity index (χ0n) is 13.6. The van der Waals surface area contributed by atoms with Crippen molar-refractivity contribution >= 4 is 34.4 Å². The van der Waals surface area contributed by atoms with E-state index < -0.39 is 0 Å². The minimum absolute atomic E-state index is 0.556. The average Bonchev–Trinajstić information content (AvgIpc) is 2.63. The summed E-state index contributed by atoms with van der Waals surface area (Å²) in [5, 5.41) is 7.04. The molecule has 0 spiro atoms. The summed E-state index contributed by atoms with van der Waals surface area (Å²) in [6, 6.07) is 15.8. The van der Waals surface area contributed by atoms with E-state index in [1.807, 2.05) is 42.5 Å². The molecule has 1 aliphatic rings. The van der Waals surface area contributed by atoms with E-state index in [1.54, 1.807) is 7.11 Å². The molecule has 0 radical (unpaired) electrons. The van der Waals surface area contributed by atoms with Gasteiger partial charge in [-0.25, -0.2) is 0 Å². The van der Waals surface area contributed by atoms with Crippen LogP contribution in [0.25, 0.3) is 0 Å². The minimum atomic E-state index is 0.556. The first-order valence-corrected chi connectivity index (χ1v) is 8.31. The van der Waals surface area contributed by atoms with E-state index in [0.717, 1.165) is 49.1 Å². The van der Waals surface area contributed by atoms with Gasteiger partial charge in [-0.05, 0) is 48.6 Å². The second-order valence-electron chi connectivity index (χ2n) is 5.42. The SMILES string of the molecule is COc1ccc(NC(=S)Nc2ccccc2N2CCOCC2)cc1. The first kappa shape index (κ1) is 16.5. The van der Waals surface area contributed by atoms with E-state index >= 15 is 0 Å². The maximum Gasteiger partial charge on any atom is 0.175 e. The van der Waals surface area contributed by atoms with Crippen molar-refractivity contribution in [2.75, 3.05) is 48.9 Å². The van der Waals surface area contributed by atoms with Crippen LogP contribution in [0.4, 0.5) is 17.1 Å². The number of para-hydroxylation sites is 2. The predicted octanol–water partition coefficient (Wildman–Crippen LogP) is 3.34. The van der Waals surface area contributed by atoms with Gasteiger partial charge in [0.05, 0.1) is 31.7 Å². The van der Waals surface area contributed by atoms with Crippen LogP contribution in [0, 0.1) is 0 Å². The summed E-state index contributed by atoms with van der Waals surface area (Å²) in [6.45, 7) is 3.28. The summed E-state index contributed by atoms with van der Waals surface area (Å²) in [6.07, 6.45) is 0. The largest absolute Gasteiger partial charge is 0.497 e. The molecule has 0 saturated carbocycles. The summed E-state index contributed by atoms with van der Waals surface area (Å²) in [4.78, 5) is 2.31. The molecule has 1 saturated heterocycles. The maximum absolute atomic E-state index is 5.44. The quantitative estimate of drug-likeness (QED) is 0.830. The highest BCUT2D eigenvalue weighted by molar-refractivity contribution is 7.80. The number of anilines is 3. The van der Waals surface area contributed by atoms with E-state index in [4.69, 9.17) is 21.7 Å². The van der Waals surface area contributed by atoms with Crippen molar-refractivity contribution in [1.82, 2.24) is 0 Å². The standard InChI is InChI=1S/C18H21N3O2S/c1-22-15-8-6-14(7-9-15)19-18(24)20-16-4-2-3-5-17(16)21-10-12-23-13-11-21/h2-9H,10-13H2,1H3,(H2,19,20,24). The van der Waals surface area contributed by atoms with Crippen molar-refractivity contribution in [2.45, 2.75) is 0 Å².